The number of hydrogen-bond donors (Lipinski definition) is 0. The molecule has 0 unspecified atom stereocenters. The minimum Gasteiger partial charge on any atom is -0.0847 e. The molecule has 1 aromatic rings. The van der Waals surface area contributed by atoms with E-state index in [2.05, 4.69) is 63.3 Å². The fourth-order valence-electron chi connectivity index (χ4n) is 1.23. The molecule has 0 N–H and O–H groups in total. The van der Waals surface area contributed by atoms with Gasteiger partial charge in [-0.2, -0.15) is 0 Å². The second kappa shape index (κ2) is 4.66. The van der Waals surface area contributed by atoms with Crippen LogP contribution in [0.4, 0.5) is 0 Å². The lowest BCUT2D eigenvalue weighted by Gasteiger charge is -1.91. The third-order valence-electron chi connectivity index (χ3n) is 2.15. The molecular weight excluding hydrogens is 156 g/mol. The first-order valence-corrected chi connectivity index (χ1v) is 4.64. The minimum atomic E-state index is 1.29. The monoisotopic (exact) mass is 172 g/mol. The summed E-state index contributed by atoms with van der Waals surface area (Å²) >= 11 is 0. The molecule has 0 aliphatic carbocycles. The molecule has 0 spiro atoms. The topological polar surface area (TPSA) is 0 Å². The van der Waals surface area contributed by atoms with E-state index in [-0.39, 0.29) is 0 Å². The summed E-state index contributed by atoms with van der Waals surface area (Å²) < 4.78 is 0. The zero-order valence-corrected chi connectivity index (χ0v) is 8.54. The Hall–Kier alpha value is -1.30. The Labute approximate surface area is 79.9 Å². The van der Waals surface area contributed by atoms with E-state index in [0.29, 0.717) is 0 Å². The quantitative estimate of drug-likeness (QED) is 0.609. The number of rotatable bonds is 1. The molecule has 0 bridgehead atoms. The summed E-state index contributed by atoms with van der Waals surface area (Å²) in [6.45, 7) is 6.24. The fourth-order valence-corrected chi connectivity index (χ4v) is 1.23. The maximum Gasteiger partial charge on any atom is -0.0185 e. The van der Waals surface area contributed by atoms with Crippen LogP contribution in [-0.2, 0) is 0 Å². The lowest BCUT2D eigenvalue weighted by atomic mass is 10.1. The zero-order chi connectivity index (χ0) is 9.68. The van der Waals surface area contributed by atoms with E-state index in [0.717, 1.165) is 0 Å². The number of hydrogen-bond acceptors (Lipinski definition) is 0. The van der Waals surface area contributed by atoms with Crippen molar-refractivity contribution in [3.8, 4) is 0 Å². The second-order valence-corrected chi connectivity index (χ2v) is 3.09. The fraction of sp³-hybridized carbons (Fsp3) is 0.231. The highest BCUT2D eigenvalue weighted by Gasteiger charge is 1.83. The Morgan fingerprint density at radius 2 is 1.69 bits per heavy atom. The van der Waals surface area contributed by atoms with E-state index in [1.807, 2.05) is 0 Å². The minimum absolute atomic E-state index is 1.29. The first kappa shape index (κ1) is 9.79. The SMILES string of the molecule is CC=C(C)C=c1ccccc1=CC. The normalized spacial score (nSPS) is 15.2. The Morgan fingerprint density at radius 1 is 1.08 bits per heavy atom. The van der Waals surface area contributed by atoms with Crippen LogP contribution in [0.2, 0.25) is 0 Å². The smallest absolute Gasteiger partial charge is 0.0185 e. The van der Waals surface area contributed by atoms with E-state index >= 15 is 0 Å². The summed E-state index contributed by atoms with van der Waals surface area (Å²) in [5, 5.41) is 2.59. The molecule has 0 aliphatic rings. The molecule has 68 valence electrons. The maximum atomic E-state index is 2.20. The van der Waals surface area contributed by atoms with E-state index in [1.165, 1.54) is 16.0 Å². The van der Waals surface area contributed by atoms with Gasteiger partial charge in [0.05, 0.1) is 0 Å². The molecule has 0 atom stereocenters. The standard InChI is InChI=1S/C13H16/c1-4-11(3)10-13-9-7-6-8-12(13)5-2/h4-10H,1-3H3. The Kier molecular flexibility index (Phi) is 3.51. The van der Waals surface area contributed by atoms with E-state index in [9.17, 15) is 0 Å². The molecule has 0 amide bonds. The molecule has 0 aliphatic heterocycles. The van der Waals surface area contributed by atoms with Crippen molar-refractivity contribution in [1.29, 1.82) is 0 Å². The van der Waals surface area contributed by atoms with Gasteiger partial charge in [0.15, 0.2) is 0 Å². The van der Waals surface area contributed by atoms with Crippen molar-refractivity contribution in [1.82, 2.24) is 0 Å². The predicted octanol–water partition coefficient (Wildman–Crippen LogP) is 2.23. The van der Waals surface area contributed by atoms with Crippen LogP contribution in [0.1, 0.15) is 20.8 Å². The molecule has 0 heterocycles. The molecule has 1 aromatic carbocycles. The lowest BCUT2D eigenvalue weighted by molar-refractivity contribution is 1.46. The van der Waals surface area contributed by atoms with Crippen molar-refractivity contribution in [2.45, 2.75) is 20.8 Å². The lowest BCUT2D eigenvalue weighted by Crippen LogP contribution is -2.23. The van der Waals surface area contributed by atoms with Gasteiger partial charge >= 0.3 is 0 Å². The Bertz CT molecular complexity index is 408. The van der Waals surface area contributed by atoms with Gasteiger partial charge in [0.2, 0.25) is 0 Å². The van der Waals surface area contributed by atoms with Crippen molar-refractivity contribution in [2.75, 3.05) is 0 Å². The molecule has 0 nitrogen and oxygen atoms in total. The molecule has 0 fully saturated rings. The molecule has 0 heteroatoms. The summed E-state index contributed by atoms with van der Waals surface area (Å²) in [5.41, 5.74) is 1.30. The molecule has 0 saturated heterocycles. The first-order chi connectivity index (χ1) is 6.27. The van der Waals surface area contributed by atoms with Crippen molar-refractivity contribution >= 4 is 12.2 Å². The predicted molar refractivity (Wildman–Crippen MR) is 59.7 cm³/mol. The number of benzene rings is 1. The van der Waals surface area contributed by atoms with Gasteiger partial charge in [-0.15, -0.1) is 0 Å². The molecule has 0 aromatic heterocycles. The van der Waals surface area contributed by atoms with Gasteiger partial charge in [0, 0.05) is 0 Å². The van der Waals surface area contributed by atoms with Gasteiger partial charge in [0.1, 0.15) is 0 Å². The third-order valence-corrected chi connectivity index (χ3v) is 2.15. The summed E-state index contributed by atoms with van der Waals surface area (Å²) in [6, 6.07) is 8.41. The van der Waals surface area contributed by atoms with E-state index < -0.39 is 0 Å². The Morgan fingerprint density at radius 3 is 2.23 bits per heavy atom. The average Bonchev–Trinajstić information content (AvgIpc) is 2.18. The summed E-state index contributed by atoms with van der Waals surface area (Å²) in [5.74, 6) is 0. The second-order valence-electron chi connectivity index (χ2n) is 3.09. The highest BCUT2D eigenvalue weighted by atomic mass is 13.9. The van der Waals surface area contributed by atoms with Crippen molar-refractivity contribution in [3.05, 3.63) is 46.4 Å². The van der Waals surface area contributed by atoms with E-state index in [1.54, 1.807) is 0 Å². The van der Waals surface area contributed by atoms with Crippen molar-refractivity contribution < 1.29 is 0 Å². The van der Waals surface area contributed by atoms with Gasteiger partial charge in [-0.05, 0) is 31.2 Å². The van der Waals surface area contributed by atoms with Crippen LogP contribution >= 0.6 is 0 Å². The van der Waals surface area contributed by atoms with Crippen LogP contribution in [0.15, 0.2) is 35.9 Å². The average molecular weight is 172 g/mol. The van der Waals surface area contributed by atoms with Crippen LogP contribution in [0.3, 0.4) is 0 Å². The first-order valence-electron chi connectivity index (χ1n) is 4.64. The number of allylic oxidation sites excluding steroid dienone is 2. The third kappa shape index (κ3) is 2.59. The zero-order valence-electron chi connectivity index (χ0n) is 8.54. The summed E-state index contributed by atoms with van der Waals surface area (Å²) in [6.07, 6.45) is 6.45. The summed E-state index contributed by atoms with van der Waals surface area (Å²) in [7, 11) is 0. The van der Waals surface area contributed by atoms with Crippen LogP contribution in [-0.4, -0.2) is 0 Å². The Balaban J connectivity index is 3.38. The van der Waals surface area contributed by atoms with Crippen LogP contribution in [0, 0.1) is 0 Å². The van der Waals surface area contributed by atoms with Crippen molar-refractivity contribution in [3.63, 3.8) is 0 Å². The van der Waals surface area contributed by atoms with Gasteiger partial charge in [-0.25, -0.2) is 0 Å². The maximum absolute atomic E-state index is 2.20. The van der Waals surface area contributed by atoms with Gasteiger partial charge in [-0.3, -0.25) is 0 Å². The van der Waals surface area contributed by atoms with Gasteiger partial charge in [-0.1, -0.05) is 48.1 Å². The molecule has 0 radical (unpaired) electrons. The highest BCUT2D eigenvalue weighted by molar-refractivity contribution is 5.45. The summed E-state index contributed by atoms with van der Waals surface area (Å²) in [4.78, 5) is 0. The molecule has 1 rings (SSSR count). The van der Waals surface area contributed by atoms with Crippen LogP contribution < -0.4 is 10.4 Å². The largest absolute Gasteiger partial charge is 0.0847 e. The van der Waals surface area contributed by atoms with Crippen LogP contribution in [0.5, 0.6) is 0 Å². The molecule has 13 heavy (non-hydrogen) atoms. The van der Waals surface area contributed by atoms with E-state index in [4.69, 9.17) is 0 Å². The molecular formula is C13H16. The van der Waals surface area contributed by atoms with Gasteiger partial charge in [0.25, 0.3) is 0 Å². The highest BCUT2D eigenvalue weighted by Crippen LogP contribution is 1.90. The molecule has 0 saturated carbocycles. The van der Waals surface area contributed by atoms with Crippen molar-refractivity contribution in [2.24, 2.45) is 0 Å². The van der Waals surface area contributed by atoms with Crippen LogP contribution in [0.25, 0.3) is 12.2 Å². The van der Waals surface area contributed by atoms with Gasteiger partial charge < -0.3 is 0 Å².